The quantitative estimate of drug-likeness (QED) is 0.454. The molecule has 11 heteroatoms. The second-order valence-electron chi connectivity index (χ2n) is 9.88. The van der Waals surface area contributed by atoms with E-state index in [4.69, 9.17) is 4.74 Å². The molecule has 0 radical (unpaired) electrons. The van der Waals surface area contributed by atoms with Gasteiger partial charge in [0.15, 0.2) is 11.8 Å². The maximum Gasteiger partial charge on any atom is 0.424 e. The molecule has 0 spiro atoms. The van der Waals surface area contributed by atoms with E-state index in [2.05, 4.69) is 4.99 Å². The number of amidine groups is 1. The summed E-state index contributed by atoms with van der Waals surface area (Å²) in [4.78, 5) is 32.5. The molecular weight excluding hydrogens is 480 g/mol. The van der Waals surface area contributed by atoms with Gasteiger partial charge in [0.05, 0.1) is 0 Å². The van der Waals surface area contributed by atoms with Gasteiger partial charge in [-0.25, -0.2) is 9.18 Å². The fraction of sp³-hybridized carbons (Fsp3) is 0.440. The predicted octanol–water partition coefficient (Wildman–Crippen LogP) is 4.24. The molecule has 1 aromatic carbocycles. The van der Waals surface area contributed by atoms with Crippen molar-refractivity contribution in [2.24, 2.45) is 4.99 Å². The van der Waals surface area contributed by atoms with Crippen molar-refractivity contribution >= 4 is 23.5 Å². The number of amides is 2. The van der Waals surface area contributed by atoms with Crippen LogP contribution in [-0.4, -0.2) is 75.9 Å². The van der Waals surface area contributed by atoms with Crippen molar-refractivity contribution in [1.82, 2.24) is 9.80 Å². The largest absolute Gasteiger partial charge is 0.444 e. The fourth-order valence-corrected chi connectivity index (χ4v) is 4.28. The number of likely N-dealkylation sites (tertiary alicyclic amines) is 1. The van der Waals surface area contributed by atoms with Gasteiger partial charge in [0.25, 0.3) is 5.70 Å². The number of rotatable bonds is 3. The highest BCUT2D eigenvalue weighted by Gasteiger charge is 2.50. The lowest BCUT2D eigenvalue weighted by molar-refractivity contribution is -0.317. The van der Waals surface area contributed by atoms with Crippen molar-refractivity contribution in [3.05, 3.63) is 59.2 Å². The van der Waals surface area contributed by atoms with Crippen LogP contribution in [0.2, 0.25) is 0 Å². The highest BCUT2D eigenvalue weighted by Crippen LogP contribution is 2.34. The van der Waals surface area contributed by atoms with Gasteiger partial charge in [-0.2, -0.15) is 17.7 Å². The zero-order valence-corrected chi connectivity index (χ0v) is 20.4. The minimum absolute atomic E-state index is 0.113. The number of carbonyl (C=O) groups is 2. The van der Waals surface area contributed by atoms with Crippen LogP contribution in [0, 0.1) is 5.82 Å². The Balaban J connectivity index is 1.51. The van der Waals surface area contributed by atoms with Gasteiger partial charge < -0.3 is 14.5 Å². The number of allylic oxidation sites excluding steroid dienone is 1. The molecule has 0 saturated carbocycles. The first kappa shape index (κ1) is 25.6. The molecule has 0 unspecified atom stereocenters. The summed E-state index contributed by atoms with van der Waals surface area (Å²) >= 11 is 0. The normalized spacial score (nSPS) is 18.6. The highest BCUT2D eigenvalue weighted by molar-refractivity contribution is 6.19. The van der Waals surface area contributed by atoms with E-state index in [0.29, 0.717) is 31.5 Å². The first-order valence-electron chi connectivity index (χ1n) is 11.5. The molecular formula is C25H27F4N4O3+. The zero-order valence-electron chi connectivity index (χ0n) is 20.4. The molecule has 3 aliphatic rings. The van der Waals surface area contributed by atoms with Gasteiger partial charge in [0, 0.05) is 37.8 Å². The molecule has 0 aromatic heterocycles. The van der Waals surface area contributed by atoms with Crippen LogP contribution >= 0.6 is 0 Å². The van der Waals surface area contributed by atoms with Crippen LogP contribution < -0.4 is 0 Å². The van der Waals surface area contributed by atoms with Crippen LogP contribution in [0.1, 0.15) is 39.2 Å². The summed E-state index contributed by atoms with van der Waals surface area (Å²) in [6.07, 6.45) is -1.92. The van der Waals surface area contributed by atoms with Crippen molar-refractivity contribution in [3.63, 3.8) is 0 Å². The van der Waals surface area contributed by atoms with Gasteiger partial charge in [-0.1, -0.05) is 0 Å². The number of piperidine rings is 1. The summed E-state index contributed by atoms with van der Waals surface area (Å²) in [7, 11) is 1.65. The molecule has 0 N–H and O–H groups in total. The molecule has 0 aliphatic carbocycles. The number of ether oxygens (including phenoxy) is 1. The maximum atomic E-state index is 13.7. The number of benzene rings is 1. The van der Waals surface area contributed by atoms with Crippen LogP contribution in [0.5, 0.6) is 0 Å². The molecule has 7 nitrogen and oxygen atoms in total. The van der Waals surface area contributed by atoms with E-state index in [9.17, 15) is 27.2 Å². The topological polar surface area (TPSA) is 65.2 Å². The van der Waals surface area contributed by atoms with Crippen LogP contribution in [-0.2, 0) is 9.53 Å². The third kappa shape index (κ3) is 5.19. The summed E-state index contributed by atoms with van der Waals surface area (Å²) in [5, 5.41) is 0. The first-order valence-corrected chi connectivity index (χ1v) is 11.5. The third-order valence-corrected chi connectivity index (χ3v) is 6.13. The summed E-state index contributed by atoms with van der Waals surface area (Å²) < 4.78 is 61.1. The average Bonchev–Trinajstić information content (AvgIpc) is 3.37. The predicted molar refractivity (Wildman–Crippen MR) is 124 cm³/mol. The molecule has 3 heterocycles. The lowest BCUT2D eigenvalue weighted by Gasteiger charge is -2.36. The molecule has 3 aliphatic heterocycles. The van der Waals surface area contributed by atoms with Crippen molar-refractivity contribution in [2.45, 2.75) is 51.4 Å². The average molecular weight is 508 g/mol. The van der Waals surface area contributed by atoms with E-state index in [0.717, 1.165) is 18.2 Å². The highest BCUT2D eigenvalue weighted by atomic mass is 19.4. The second-order valence-corrected chi connectivity index (χ2v) is 9.88. The zero-order chi connectivity index (χ0) is 26.4. The van der Waals surface area contributed by atoms with Gasteiger partial charge in [-0.3, -0.25) is 4.79 Å². The summed E-state index contributed by atoms with van der Waals surface area (Å²) in [5.41, 5.74) is -1.20. The number of aliphatic imine (C=N–C) groups is 1. The van der Waals surface area contributed by atoms with E-state index in [-0.39, 0.29) is 23.3 Å². The minimum Gasteiger partial charge on any atom is -0.444 e. The Morgan fingerprint density at radius 1 is 1.11 bits per heavy atom. The fourth-order valence-electron chi connectivity index (χ4n) is 4.28. The third-order valence-electron chi connectivity index (χ3n) is 6.13. The summed E-state index contributed by atoms with van der Waals surface area (Å²) in [6.45, 7) is 5.96. The van der Waals surface area contributed by atoms with Crippen molar-refractivity contribution in [2.75, 3.05) is 20.1 Å². The monoisotopic (exact) mass is 507 g/mol. The maximum absolute atomic E-state index is 13.7. The van der Waals surface area contributed by atoms with Crippen molar-refractivity contribution < 1.29 is 36.5 Å². The van der Waals surface area contributed by atoms with E-state index in [1.807, 2.05) is 0 Å². The van der Waals surface area contributed by atoms with Gasteiger partial charge in [0.1, 0.15) is 17.1 Å². The van der Waals surface area contributed by atoms with Gasteiger partial charge in [-0.05, 0) is 62.9 Å². The number of carbonyl (C=O) groups excluding carboxylic acids is 2. The second kappa shape index (κ2) is 9.18. The summed E-state index contributed by atoms with van der Waals surface area (Å²) in [6, 6.07) is 4.93. The molecule has 36 heavy (non-hydrogen) atoms. The Kier molecular flexibility index (Phi) is 6.52. The Morgan fingerprint density at radius 2 is 1.72 bits per heavy atom. The summed E-state index contributed by atoms with van der Waals surface area (Å²) in [5.74, 6) is -1.39. The molecule has 0 bridgehead atoms. The molecule has 4 rings (SSSR count). The van der Waals surface area contributed by atoms with Gasteiger partial charge in [-0.15, -0.1) is 0 Å². The van der Waals surface area contributed by atoms with Gasteiger partial charge in [0.2, 0.25) is 0 Å². The van der Waals surface area contributed by atoms with Crippen molar-refractivity contribution in [3.8, 4) is 0 Å². The number of nitrogens with zero attached hydrogens (tertiary/aromatic N) is 4. The Labute approximate surface area is 206 Å². The number of fused-ring (bicyclic) bond motifs is 1. The Bertz CT molecular complexity index is 1200. The van der Waals surface area contributed by atoms with E-state index in [1.165, 1.54) is 32.7 Å². The van der Waals surface area contributed by atoms with Crippen LogP contribution in [0.4, 0.5) is 22.4 Å². The Morgan fingerprint density at radius 3 is 2.28 bits per heavy atom. The molecule has 192 valence electrons. The van der Waals surface area contributed by atoms with Crippen LogP contribution in [0.25, 0.3) is 0 Å². The smallest absolute Gasteiger partial charge is 0.424 e. The SMILES string of the molecule is CN(C(=O)OC(C)(C)C)C1CCN(C(=O)C2=C[N+]3=C(c4ccc(F)cc4)C=C(C(F)(F)F)C3=N2)CC1. The molecule has 2 amide bonds. The molecule has 0 atom stereocenters. The first-order chi connectivity index (χ1) is 16.7. The van der Waals surface area contributed by atoms with Gasteiger partial charge >= 0.3 is 24.0 Å². The van der Waals surface area contributed by atoms with Crippen molar-refractivity contribution in [1.29, 1.82) is 0 Å². The standard InChI is InChI=1S/C25H27F4N4O3/c1-24(2,3)36-23(35)31(4)17-9-11-32(12-10-17)22(34)19-14-33-20(15-5-7-16(26)8-6-15)13-18(21(33)30-19)25(27,28)29/h5-8,13-14,17H,9-12H2,1-4H3/q+1. The van der Waals surface area contributed by atoms with E-state index < -0.39 is 35.2 Å². The lowest BCUT2D eigenvalue weighted by atomic mass is 10.0. The number of alkyl halides is 3. The van der Waals surface area contributed by atoms with E-state index >= 15 is 0 Å². The molecule has 1 aromatic rings. The van der Waals surface area contributed by atoms with E-state index in [1.54, 1.807) is 27.8 Å². The lowest BCUT2D eigenvalue weighted by Crippen LogP contribution is -2.48. The van der Waals surface area contributed by atoms with Crippen LogP contribution in [0.15, 0.2) is 52.8 Å². The number of halogens is 4. The minimum atomic E-state index is -4.68. The van der Waals surface area contributed by atoms with Crippen LogP contribution in [0.3, 0.4) is 0 Å². The number of hydrogen-bond donors (Lipinski definition) is 0. The Hall–Kier alpha value is -3.50. The number of hydrogen-bond acceptors (Lipinski definition) is 4. The molecule has 1 saturated heterocycles. The molecule has 1 fully saturated rings.